The molecule has 4 nitrogen and oxygen atoms in total. The molecule has 2 rings (SSSR count). The van der Waals surface area contributed by atoms with Gasteiger partial charge in [-0.05, 0) is 25.0 Å². The Morgan fingerprint density at radius 1 is 1.29 bits per heavy atom. The number of nitrogens with zero attached hydrogens (tertiary/aromatic N) is 3. The van der Waals surface area contributed by atoms with Crippen LogP contribution in [0, 0.1) is 13.8 Å². The van der Waals surface area contributed by atoms with E-state index >= 15 is 0 Å². The summed E-state index contributed by atoms with van der Waals surface area (Å²) >= 11 is 0. The lowest BCUT2D eigenvalue weighted by Gasteiger charge is -2.06. The fraction of sp³-hybridized carbons (Fsp3) is 0.308. The zero-order valence-electron chi connectivity index (χ0n) is 10.3. The minimum Gasteiger partial charge on any atom is -0.293 e. The van der Waals surface area contributed by atoms with Crippen LogP contribution in [0.3, 0.4) is 0 Å². The Kier molecular flexibility index (Phi) is 3.04. The lowest BCUT2D eigenvalue weighted by atomic mass is 10.1. The number of ketones is 1. The largest absolute Gasteiger partial charge is 0.293 e. The van der Waals surface area contributed by atoms with Crippen molar-refractivity contribution in [2.75, 3.05) is 0 Å². The minimum absolute atomic E-state index is 0.0430. The molecule has 88 valence electrons. The fourth-order valence-electron chi connectivity index (χ4n) is 1.78. The Balaban J connectivity index is 2.31. The number of benzene rings is 1. The van der Waals surface area contributed by atoms with Crippen LogP contribution >= 0.6 is 0 Å². The molecule has 0 unspecified atom stereocenters. The van der Waals surface area contributed by atoms with E-state index < -0.39 is 0 Å². The van der Waals surface area contributed by atoms with Crippen LogP contribution in [0.15, 0.2) is 24.3 Å². The highest BCUT2D eigenvalue weighted by Gasteiger charge is 2.12. The molecule has 1 aromatic heterocycles. The average molecular weight is 229 g/mol. The molecular formula is C13H15N3O. The maximum atomic E-state index is 11.3. The molecular weight excluding hydrogens is 214 g/mol. The number of carbonyl (C=O) groups is 1. The molecule has 0 fully saturated rings. The molecule has 0 spiro atoms. The molecule has 0 N–H and O–H groups in total. The van der Waals surface area contributed by atoms with Crippen LogP contribution in [0.4, 0.5) is 0 Å². The van der Waals surface area contributed by atoms with E-state index in [1.807, 2.05) is 19.1 Å². The predicted molar refractivity (Wildman–Crippen MR) is 65.0 cm³/mol. The molecule has 1 heterocycles. The van der Waals surface area contributed by atoms with Crippen molar-refractivity contribution >= 4 is 5.78 Å². The van der Waals surface area contributed by atoms with E-state index in [1.54, 1.807) is 4.68 Å². The monoisotopic (exact) mass is 229 g/mol. The molecule has 0 aliphatic carbocycles. The summed E-state index contributed by atoms with van der Waals surface area (Å²) in [5.74, 6) is -0.0430. The lowest BCUT2D eigenvalue weighted by Crippen LogP contribution is -2.06. The molecule has 0 saturated heterocycles. The molecule has 0 aliphatic heterocycles. The smallest absolute Gasteiger partial charge is 0.181 e. The van der Waals surface area contributed by atoms with E-state index in [2.05, 4.69) is 29.4 Å². The van der Waals surface area contributed by atoms with Gasteiger partial charge in [0.2, 0.25) is 0 Å². The van der Waals surface area contributed by atoms with Crippen LogP contribution in [0.25, 0.3) is 0 Å². The number of hydrogen-bond donors (Lipinski definition) is 0. The second-order valence-corrected chi connectivity index (χ2v) is 4.16. The van der Waals surface area contributed by atoms with Crippen LogP contribution < -0.4 is 0 Å². The van der Waals surface area contributed by atoms with Gasteiger partial charge < -0.3 is 0 Å². The van der Waals surface area contributed by atoms with Gasteiger partial charge >= 0.3 is 0 Å². The van der Waals surface area contributed by atoms with Crippen molar-refractivity contribution in [3.8, 4) is 0 Å². The lowest BCUT2D eigenvalue weighted by molar-refractivity contribution is 0.101. The normalized spacial score (nSPS) is 10.5. The molecule has 1 aromatic carbocycles. The van der Waals surface area contributed by atoms with Gasteiger partial charge in [-0.25, -0.2) is 4.68 Å². The second-order valence-electron chi connectivity index (χ2n) is 4.16. The Morgan fingerprint density at radius 3 is 2.59 bits per heavy atom. The Labute approximate surface area is 100 Å². The Bertz CT molecular complexity index is 558. The van der Waals surface area contributed by atoms with Crippen LogP contribution in [0.5, 0.6) is 0 Å². The van der Waals surface area contributed by atoms with Crippen LogP contribution in [0.2, 0.25) is 0 Å². The first kappa shape index (κ1) is 11.5. The van der Waals surface area contributed by atoms with Crippen molar-refractivity contribution in [1.82, 2.24) is 15.0 Å². The van der Waals surface area contributed by atoms with E-state index in [4.69, 9.17) is 0 Å². The highest BCUT2D eigenvalue weighted by atomic mass is 16.1. The van der Waals surface area contributed by atoms with Crippen molar-refractivity contribution < 1.29 is 4.79 Å². The topological polar surface area (TPSA) is 47.8 Å². The molecule has 0 radical (unpaired) electrons. The molecule has 2 aromatic rings. The van der Waals surface area contributed by atoms with Gasteiger partial charge in [-0.1, -0.05) is 29.5 Å². The summed E-state index contributed by atoms with van der Waals surface area (Å²) < 4.78 is 1.76. The van der Waals surface area contributed by atoms with Gasteiger partial charge in [0.05, 0.1) is 12.2 Å². The quantitative estimate of drug-likeness (QED) is 0.758. The maximum absolute atomic E-state index is 11.3. The predicted octanol–water partition coefficient (Wildman–Crippen LogP) is 2.15. The summed E-state index contributed by atoms with van der Waals surface area (Å²) in [6, 6.07) is 8.13. The van der Waals surface area contributed by atoms with Gasteiger partial charge in [0.15, 0.2) is 11.5 Å². The molecule has 0 bridgehead atoms. The summed E-state index contributed by atoms with van der Waals surface area (Å²) in [6.07, 6.45) is 0. The van der Waals surface area contributed by atoms with Crippen molar-refractivity contribution in [3.05, 3.63) is 46.8 Å². The van der Waals surface area contributed by atoms with Crippen molar-refractivity contribution in [3.63, 3.8) is 0 Å². The van der Waals surface area contributed by atoms with Gasteiger partial charge in [0.1, 0.15) is 0 Å². The molecule has 0 saturated carbocycles. The van der Waals surface area contributed by atoms with Crippen LogP contribution in [-0.4, -0.2) is 20.8 Å². The molecule has 0 aliphatic rings. The van der Waals surface area contributed by atoms with Gasteiger partial charge in [-0.3, -0.25) is 4.79 Å². The van der Waals surface area contributed by atoms with Gasteiger partial charge in [-0.15, -0.1) is 5.10 Å². The first-order valence-corrected chi connectivity index (χ1v) is 5.55. The third-order valence-electron chi connectivity index (χ3n) is 2.90. The zero-order valence-corrected chi connectivity index (χ0v) is 10.3. The van der Waals surface area contributed by atoms with Gasteiger partial charge in [-0.2, -0.15) is 0 Å². The summed E-state index contributed by atoms with van der Waals surface area (Å²) in [7, 11) is 0. The second kappa shape index (κ2) is 4.49. The van der Waals surface area contributed by atoms with E-state index in [0.717, 1.165) is 5.69 Å². The van der Waals surface area contributed by atoms with E-state index in [-0.39, 0.29) is 5.78 Å². The number of carbonyl (C=O) groups excluding carboxylic acids is 1. The SMILES string of the molecule is CC(=O)c1nnn(Cc2ccccc2C)c1C. The summed E-state index contributed by atoms with van der Waals surface area (Å²) in [5, 5.41) is 7.92. The molecule has 4 heteroatoms. The molecule has 17 heavy (non-hydrogen) atoms. The van der Waals surface area contributed by atoms with E-state index in [1.165, 1.54) is 18.1 Å². The van der Waals surface area contributed by atoms with E-state index in [0.29, 0.717) is 12.2 Å². The highest BCUT2D eigenvalue weighted by molar-refractivity contribution is 5.92. The number of aromatic nitrogens is 3. The molecule has 0 atom stereocenters. The number of aryl methyl sites for hydroxylation is 1. The van der Waals surface area contributed by atoms with Crippen molar-refractivity contribution in [2.24, 2.45) is 0 Å². The summed E-state index contributed by atoms with van der Waals surface area (Å²) in [5.41, 5.74) is 3.68. The third kappa shape index (κ3) is 2.25. The Hall–Kier alpha value is -1.97. The fourth-order valence-corrected chi connectivity index (χ4v) is 1.78. The maximum Gasteiger partial charge on any atom is 0.181 e. The highest BCUT2D eigenvalue weighted by Crippen LogP contribution is 2.11. The van der Waals surface area contributed by atoms with Crippen LogP contribution in [-0.2, 0) is 6.54 Å². The van der Waals surface area contributed by atoms with Crippen molar-refractivity contribution in [1.29, 1.82) is 0 Å². The number of rotatable bonds is 3. The summed E-state index contributed by atoms with van der Waals surface area (Å²) in [4.78, 5) is 11.3. The molecule has 0 amide bonds. The number of hydrogen-bond acceptors (Lipinski definition) is 3. The van der Waals surface area contributed by atoms with Crippen LogP contribution in [0.1, 0.15) is 34.2 Å². The minimum atomic E-state index is -0.0430. The average Bonchev–Trinajstić information content (AvgIpc) is 2.64. The van der Waals surface area contributed by atoms with Gasteiger partial charge in [0.25, 0.3) is 0 Å². The third-order valence-corrected chi connectivity index (χ3v) is 2.90. The van der Waals surface area contributed by atoms with Gasteiger partial charge in [0, 0.05) is 6.92 Å². The van der Waals surface area contributed by atoms with E-state index in [9.17, 15) is 4.79 Å². The standard InChI is InChI=1S/C13H15N3O/c1-9-6-4-5-7-12(9)8-16-10(2)13(11(3)17)14-15-16/h4-7H,8H2,1-3H3. The summed E-state index contributed by atoms with van der Waals surface area (Å²) in [6.45, 7) is 6.09. The zero-order chi connectivity index (χ0) is 12.4. The Morgan fingerprint density at radius 2 is 2.00 bits per heavy atom. The number of Topliss-reactive ketones (excluding diaryl/α,β-unsaturated/α-hetero) is 1. The first-order valence-electron chi connectivity index (χ1n) is 5.55. The van der Waals surface area contributed by atoms with Crippen molar-refractivity contribution in [2.45, 2.75) is 27.3 Å². The first-order chi connectivity index (χ1) is 8.09.